The van der Waals surface area contributed by atoms with Crippen molar-refractivity contribution >= 4 is 0 Å². The molecule has 0 amide bonds. The Balaban J connectivity index is 1.54. The number of methoxy groups -OCH3 is 1. The van der Waals surface area contributed by atoms with Crippen LogP contribution in [0.25, 0.3) is 11.1 Å². The summed E-state index contributed by atoms with van der Waals surface area (Å²) in [4.78, 5) is 0. The van der Waals surface area contributed by atoms with Gasteiger partial charge in [-0.25, -0.2) is 0 Å². The van der Waals surface area contributed by atoms with Gasteiger partial charge in [-0.3, -0.25) is 0 Å². The van der Waals surface area contributed by atoms with Gasteiger partial charge in [-0.2, -0.15) is 0 Å². The summed E-state index contributed by atoms with van der Waals surface area (Å²) in [6.45, 7) is 8.30. The minimum Gasteiger partial charge on any atom is -0.491 e. The Hall–Kier alpha value is -3.60. The topological polar surface area (TPSA) is 36.9 Å². The Morgan fingerprint density at radius 3 is 1.45 bits per heavy atom. The molecule has 0 aliphatic heterocycles. The van der Waals surface area contributed by atoms with Gasteiger partial charge in [-0.1, -0.05) is 72.8 Å². The molecule has 0 aromatic heterocycles. The van der Waals surface area contributed by atoms with Gasteiger partial charge in [0.15, 0.2) is 0 Å². The number of ether oxygens (including phenoxy) is 4. The quantitative estimate of drug-likeness (QED) is 0.186. The molecular weight excluding hydrogens is 472 g/mol. The molecule has 0 fully saturated rings. The minimum absolute atomic E-state index is 0.173. The molecule has 38 heavy (non-hydrogen) atoms. The molecule has 4 aromatic rings. The van der Waals surface area contributed by atoms with E-state index < -0.39 is 5.41 Å². The average molecular weight is 509 g/mol. The lowest BCUT2D eigenvalue weighted by Gasteiger charge is -2.34. The van der Waals surface area contributed by atoms with Gasteiger partial charge in [0.2, 0.25) is 0 Å². The van der Waals surface area contributed by atoms with Crippen LogP contribution in [0.3, 0.4) is 0 Å². The highest BCUT2D eigenvalue weighted by molar-refractivity contribution is 5.86. The fourth-order valence-electron chi connectivity index (χ4n) is 5.38. The van der Waals surface area contributed by atoms with E-state index in [9.17, 15) is 0 Å². The molecule has 0 heterocycles. The smallest absolute Gasteiger partial charge is 0.119 e. The molecular formula is C34H36O4. The standard InChI is InChI=1S/C34H36O4/c1-33(2,3)38-24-23-37-28-19-15-26(16-20-28)34(25-13-17-27(18-14-25)36-22-21-35-4)31-11-7-5-9-29(31)30-10-6-8-12-32(30)34/h5-20H,21-24H2,1-4H3. The van der Waals surface area contributed by atoms with Crippen LogP contribution in [0.1, 0.15) is 43.0 Å². The first-order chi connectivity index (χ1) is 18.4. The highest BCUT2D eigenvalue weighted by atomic mass is 16.5. The van der Waals surface area contributed by atoms with Gasteiger partial charge in [0.1, 0.15) is 24.7 Å². The van der Waals surface area contributed by atoms with E-state index in [1.54, 1.807) is 7.11 Å². The van der Waals surface area contributed by atoms with Crippen LogP contribution in [-0.4, -0.2) is 39.1 Å². The van der Waals surface area contributed by atoms with Crippen LogP contribution in [0.5, 0.6) is 11.5 Å². The molecule has 5 rings (SSSR count). The summed E-state index contributed by atoms with van der Waals surface area (Å²) < 4.78 is 22.8. The van der Waals surface area contributed by atoms with Crippen molar-refractivity contribution in [1.29, 1.82) is 0 Å². The summed E-state index contributed by atoms with van der Waals surface area (Å²) in [5.74, 6) is 1.67. The van der Waals surface area contributed by atoms with Crippen LogP contribution in [0.2, 0.25) is 0 Å². The first kappa shape index (κ1) is 26.0. The normalized spacial score (nSPS) is 13.6. The van der Waals surface area contributed by atoms with Crippen molar-refractivity contribution in [1.82, 2.24) is 0 Å². The zero-order chi connectivity index (χ0) is 26.6. The van der Waals surface area contributed by atoms with Crippen LogP contribution < -0.4 is 9.47 Å². The number of fused-ring (bicyclic) bond motifs is 3. The predicted molar refractivity (Wildman–Crippen MR) is 152 cm³/mol. The molecule has 4 nitrogen and oxygen atoms in total. The average Bonchev–Trinajstić information content (AvgIpc) is 3.23. The SMILES string of the molecule is COCCOc1ccc(C2(c3ccc(OCCOC(C)(C)C)cc3)c3ccccc3-c3ccccc32)cc1. The Kier molecular flexibility index (Phi) is 7.55. The molecule has 0 unspecified atom stereocenters. The Morgan fingerprint density at radius 2 is 1.00 bits per heavy atom. The molecule has 1 aliphatic rings. The summed E-state index contributed by atoms with van der Waals surface area (Å²) in [5, 5.41) is 0. The van der Waals surface area contributed by atoms with E-state index >= 15 is 0 Å². The van der Waals surface area contributed by atoms with E-state index in [4.69, 9.17) is 18.9 Å². The Bertz CT molecular complexity index is 1310. The molecule has 0 radical (unpaired) electrons. The van der Waals surface area contributed by atoms with E-state index in [-0.39, 0.29) is 5.60 Å². The molecule has 0 bridgehead atoms. The van der Waals surface area contributed by atoms with Crippen molar-refractivity contribution in [3.8, 4) is 22.6 Å². The molecule has 1 aliphatic carbocycles. The highest BCUT2D eigenvalue weighted by Crippen LogP contribution is 2.56. The highest BCUT2D eigenvalue weighted by Gasteiger charge is 2.45. The van der Waals surface area contributed by atoms with E-state index in [1.807, 2.05) is 0 Å². The number of benzene rings is 4. The third-order valence-corrected chi connectivity index (χ3v) is 6.97. The van der Waals surface area contributed by atoms with Gasteiger partial charge in [0, 0.05) is 7.11 Å². The van der Waals surface area contributed by atoms with Crippen molar-refractivity contribution < 1.29 is 18.9 Å². The predicted octanol–water partition coefficient (Wildman–Crippen LogP) is 7.27. The first-order valence-corrected chi connectivity index (χ1v) is 13.2. The lowest BCUT2D eigenvalue weighted by molar-refractivity contribution is -0.0163. The van der Waals surface area contributed by atoms with Crippen LogP contribution in [0, 0.1) is 0 Å². The number of hydrogen-bond acceptors (Lipinski definition) is 4. The van der Waals surface area contributed by atoms with E-state index in [1.165, 1.54) is 33.4 Å². The maximum atomic E-state index is 6.01. The van der Waals surface area contributed by atoms with E-state index in [0.717, 1.165) is 11.5 Å². The molecule has 196 valence electrons. The fraction of sp³-hybridized carbons (Fsp3) is 0.294. The summed E-state index contributed by atoms with van der Waals surface area (Å²) in [6.07, 6.45) is 0. The van der Waals surface area contributed by atoms with Crippen LogP contribution in [0.4, 0.5) is 0 Å². The van der Waals surface area contributed by atoms with Gasteiger partial charge in [-0.05, 0) is 78.4 Å². The molecule has 4 aromatic carbocycles. The summed E-state index contributed by atoms with van der Waals surface area (Å²) in [7, 11) is 1.68. The van der Waals surface area contributed by atoms with Crippen LogP contribution >= 0.6 is 0 Å². The fourth-order valence-corrected chi connectivity index (χ4v) is 5.38. The molecule has 0 N–H and O–H groups in total. The second kappa shape index (κ2) is 11.0. The Labute approximate surface area is 226 Å². The number of hydrogen-bond donors (Lipinski definition) is 0. The largest absolute Gasteiger partial charge is 0.491 e. The molecule has 0 atom stereocenters. The van der Waals surface area contributed by atoms with Crippen LogP contribution in [-0.2, 0) is 14.9 Å². The molecule has 4 heteroatoms. The second-order valence-corrected chi connectivity index (χ2v) is 10.5. The van der Waals surface area contributed by atoms with Gasteiger partial charge in [-0.15, -0.1) is 0 Å². The summed E-state index contributed by atoms with van der Waals surface area (Å²) in [5.41, 5.74) is 6.86. The second-order valence-electron chi connectivity index (χ2n) is 10.5. The van der Waals surface area contributed by atoms with Gasteiger partial charge < -0.3 is 18.9 Å². The molecule has 0 saturated carbocycles. The number of rotatable bonds is 10. The van der Waals surface area contributed by atoms with Crippen molar-refractivity contribution in [2.45, 2.75) is 31.8 Å². The lowest BCUT2D eigenvalue weighted by atomic mass is 9.68. The van der Waals surface area contributed by atoms with Crippen molar-refractivity contribution in [3.63, 3.8) is 0 Å². The van der Waals surface area contributed by atoms with Crippen molar-refractivity contribution in [2.75, 3.05) is 33.5 Å². The minimum atomic E-state index is -0.452. The zero-order valence-electron chi connectivity index (χ0n) is 22.7. The van der Waals surface area contributed by atoms with E-state index in [0.29, 0.717) is 26.4 Å². The third kappa shape index (κ3) is 5.07. The van der Waals surface area contributed by atoms with Gasteiger partial charge in [0.05, 0.1) is 24.2 Å². The van der Waals surface area contributed by atoms with E-state index in [2.05, 4.69) is 118 Å². The zero-order valence-corrected chi connectivity index (χ0v) is 22.7. The third-order valence-electron chi connectivity index (χ3n) is 6.97. The monoisotopic (exact) mass is 508 g/mol. The maximum absolute atomic E-state index is 6.01. The summed E-state index contributed by atoms with van der Waals surface area (Å²) >= 11 is 0. The summed E-state index contributed by atoms with van der Waals surface area (Å²) in [6, 6.07) is 34.5. The van der Waals surface area contributed by atoms with Crippen molar-refractivity contribution in [3.05, 3.63) is 119 Å². The van der Waals surface area contributed by atoms with Crippen LogP contribution in [0.15, 0.2) is 97.1 Å². The van der Waals surface area contributed by atoms with Crippen molar-refractivity contribution in [2.24, 2.45) is 0 Å². The van der Waals surface area contributed by atoms with Gasteiger partial charge >= 0.3 is 0 Å². The van der Waals surface area contributed by atoms with Gasteiger partial charge in [0.25, 0.3) is 0 Å². The molecule has 0 spiro atoms. The molecule has 0 saturated heterocycles. The maximum Gasteiger partial charge on any atom is 0.119 e. The first-order valence-electron chi connectivity index (χ1n) is 13.2. The lowest BCUT2D eigenvalue weighted by Crippen LogP contribution is -2.28. The Morgan fingerprint density at radius 1 is 0.553 bits per heavy atom.